The Balaban J connectivity index is 1.69. The molecule has 0 radical (unpaired) electrons. The van der Waals surface area contributed by atoms with Gasteiger partial charge in [-0.15, -0.1) is 0 Å². The summed E-state index contributed by atoms with van der Waals surface area (Å²) in [5.74, 6) is 0. The quantitative estimate of drug-likeness (QED) is 0.839. The Morgan fingerprint density at radius 2 is 1.76 bits per heavy atom. The summed E-state index contributed by atoms with van der Waals surface area (Å²) in [6, 6.07) is 2.11. The van der Waals surface area contributed by atoms with Gasteiger partial charge >= 0.3 is 0 Å². The summed E-state index contributed by atoms with van der Waals surface area (Å²) in [4.78, 5) is 2.84. The van der Waals surface area contributed by atoms with E-state index in [1.807, 2.05) is 0 Å². The van der Waals surface area contributed by atoms with Crippen LogP contribution in [0.3, 0.4) is 0 Å². The number of nitrogens with zero attached hydrogens (tertiary/aromatic N) is 1. The number of rotatable bonds is 3. The molecule has 2 saturated heterocycles. The number of hydrogen-bond donors (Lipinski definition) is 1. The third-order valence-electron chi connectivity index (χ3n) is 5.34. The van der Waals surface area contributed by atoms with Gasteiger partial charge in [0, 0.05) is 29.4 Å². The predicted molar refractivity (Wildman–Crippen MR) is 75.4 cm³/mol. The highest BCUT2D eigenvalue weighted by atomic mass is 32.2. The van der Waals surface area contributed by atoms with Gasteiger partial charge in [-0.3, -0.25) is 4.90 Å². The molecule has 1 saturated carbocycles. The van der Waals surface area contributed by atoms with Crippen molar-refractivity contribution in [2.75, 3.05) is 12.8 Å². The molecule has 3 heteroatoms. The standard InChI is InChI=1S/C14H26N2S/c1-17-14(6-2-3-7-14)10-16-12-4-5-13(16)9-11(15)8-12/h11-13H,2-10,15H2,1H3. The van der Waals surface area contributed by atoms with Crippen LogP contribution in [0.15, 0.2) is 0 Å². The van der Waals surface area contributed by atoms with E-state index in [0.717, 1.165) is 12.1 Å². The number of nitrogens with two attached hydrogens (primary N) is 1. The van der Waals surface area contributed by atoms with Crippen LogP contribution in [0.1, 0.15) is 51.4 Å². The first kappa shape index (κ1) is 12.3. The van der Waals surface area contributed by atoms with Gasteiger partial charge in [0.2, 0.25) is 0 Å². The van der Waals surface area contributed by atoms with Crippen molar-refractivity contribution in [1.29, 1.82) is 0 Å². The van der Waals surface area contributed by atoms with Crippen molar-refractivity contribution in [3.8, 4) is 0 Å². The molecule has 3 aliphatic rings. The first-order chi connectivity index (χ1) is 8.22. The number of fused-ring (bicyclic) bond motifs is 2. The normalized spacial score (nSPS) is 40.9. The maximum absolute atomic E-state index is 6.16. The second-order valence-electron chi connectivity index (χ2n) is 6.38. The maximum atomic E-state index is 6.16. The molecule has 1 aliphatic carbocycles. The summed E-state index contributed by atoms with van der Waals surface area (Å²) >= 11 is 2.13. The monoisotopic (exact) mass is 254 g/mol. The predicted octanol–water partition coefficient (Wildman–Crippen LogP) is 2.62. The molecule has 0 spiro atoms. The molecule has 2 N–H and O–H groups in total. The molecule has 2 unspecified atom stereocenters. The van der Waals surface area contributed by atoms with E-state index in [1.165, 1.54) is 57.9 Å². The van der Waals surface area contributed by atoms with Crippen LogP contribution in [0, 0.1) is 0 Å². The molecule has 2 heterocycles. The Morgan fingerprint density at radius 3 is 2.29 bits per heavy atom. The molecule has 17 heavy (non-hydrogen) atoms. The molecule has 0 aromatic rings. The largest absolute Gasteiger partial charge is 0.328 e. The fourth-order valence-electron chi connectivity index (χ4n) is 4.35. The van der Waals surface area contributed by atoms with Gasteiger partial charge < -0.3 is 5.73 Å². The zero-order valence-corrected chi connectivity index (χ0v) is 11.8. The lowest BCUT2D eigenvalue weighted by atomic mass is 9.95. The van der Waals surface area contributed by atoms with Crippen molar-refractivity contribution >= 4 is 11.8 Å². The van der Waals surface area contributed by atoms with E-state index in [2.05, 4.69) is 22.9 Å². The summed E-state index contributed by atoms with van der Waals surface area (Å²) in [6.45, 7) is 1.34. The molecule has 0 amide bonds. The number of hydrogen-bond acceptors (Lipinski definition) is 3. The molecule has 2 bridgehead atoms. The fraction of sp³-hybridized carbons (Fsp3) is 1.00. The zero-order chi connectivity index (χ0) is 11.9. The Morgan fingerprint density at radius 1 is 1.18 bits per heavy atom. The molecule has 2 atom stereocenters. The van der Waals surface area contributed by atoms with Crippen LogP contribution in [-0.4, -0.2) is 40.6 Å². The van der Waals surface area contributed by atoms with Gasteiger partial charge in [-0.1, -0.05) is 12.8 Å². The van der Waals surface area contributed by atoms with Crippen molar-refractivity contribution < 1.29 is 0 Å². The van der Waals surface area contributed by atoms with E-state index >= 15 is 0 Å². The van der Waals surface area contributed by atoms with Crippen LogP contribution in [0.25, 0.3) is 0 Å². The summed E-state index contributed by atoms with van der Waals surface area (Å²) < 4.78 is 0.586. The third kappa shape index (κ3) is 2.26. The van der Waals surface area contributed by atoms with Crippen LogP contribution < -0.4 is 5.73 Å². The van der Waals surface area contributed by atoms with Crippen LogP contribution in [0.4, 0.5) is 0 Å². The van der Waals surface area contributed by atoms with Crippen LogP contribution in [0.5, 0.6) is 0 Å². The lowest BCUT2D eigenvalue weighted by Crippen LogP contribution is -2.51. The van der Waals surface area contributed by atoms with Gasteiger partial charge in [0.15, 0.2) is 0 Å². The van der Waals surface area contributed by atoms with Gasteiger partial charge in [0.1, 0.15) is 0 Å². The van der Waals surface area contributed by atoms with Crippen molar-refractivity contribution in [2.45, 2.75) is 74.2 Å². The number of piperidine rings is 1. The average molecular weight is 254 g/mol. The number of thioether (sulfide) groups is 1. The van der Waals surface area contributed by atoms with Crippen LogP contribution in [0.2, 0.25) is 0 Å². The highest BCUT2D eigenvalue weighted by molar-refractivity contribution is 8.00. The molecular formula is C14H26N2S. The van der Waals surface area contributed by atoms with Crippen LogP contribution in [-0.2, 0) is 0 Å². The lowest BCUT2D eigenvalue weighted by Gasteiger charge is -2.42. The summed E-state index contributed by atoms with van der Waals surface area (Å²) in [6.07, 6.45) is 13.4. The van der Waals surface area contributed by atoms with Gasteiger partial charge in [-0.25, -0.2) is 0 Å². The SMILES string of the molecule is CSC1(CN2C3CCC2CC(N)C3)CCCC1. The smallest absolute Gasteiger partial charge is 0.0284 e. The first-order valence-electron chi connectivity index (χ1n) is 7.29. The van der Waals surface area contributed by atoms with E-state index in [0.29, 0.717) is 10.8 Å². The fourth-order valence-corrected chi connectivity index (χ4v) is 5.33. The first-order valence-corrected chi connectivity index (χ1v) is 8.51. The molecule has 98 valence electrons. The van der Waals surface area contributed by atoms with E-state index in [1.54, 1.807) is 0 Å². The third-order valence-corrected chi connectivity index (χ3v) is 6.74. The van der Waals surface area contributed by atoms with Crippen molar-refractivity contribution in [1.82, 2.24) is 4.90 Å². The van der Waals surface area contributed by atoms with Crippen molar-refractivity contribution in [3.63, 3.8) is 0 Å². The summed E-state index contributed by atoms with van der Waals surface area (Å²) in [5.41, 5.74) is 6.16. The minimum atomic E-state index is 0.484. The van der Waals surface area contributed by atoms with Gasteiger partial charge in [0.05, 0.1) is 0 Å². The lowest BCUT2D eigenvalue weighted by molar-refractivity contribution is 0.115. The zero-order valence-electron chi connectivity index (χ0n) is 11.0. The minimum Gasteiger partial charge on any atom is -0.328 e. The van der Waals surface area contributed by atoms with Crippen molar-refractivity contribution in [2.24, 2.45) is 5.73 Å². The maximum Gasteiger partial charge on any atom is 0.0284 e. The minimum absolute atomic E-state index is 0.484. The Kier molecular flexibility index (Phi) is 3.44. The molecule has 3 rings (SSSR count). The van der Waals surface area contributed by atoms with E-state index in [4.69, 9.17) is 5.73 Å². The average Bonchev–Trinajstić information content (AvgIpc) is 2.86. The van der Waals surface area contributed by atoms with Gasteiger partial charge in [-0.05, 0) is 44.8 Å². The molecule has 0 aromatic heterocycles. The Hall–Kier alpha value is 0.270. The van der Waals surface area contributed by atoms with E-state index in [-0.39, 0.29) is 0 Å². The molecular weight excluding hydrogens is 228 g/mol. The molecule has 2 nitrogen and oxygen atoms in total. The van der Waals surface area contributed by atoms with Crippen LogP contribution >= 0.6 is 11.8 Å². The second-order valence-corrected chi connectivity index (χ2v) is 7.66. The molecule has 3 fully saturated rings. The highest BCUT2D eigenvalue weighted by Gasteiger charge is 2.44. The molecule has 0 aromatic carbocycles. The Labute approximate surface area is 110 Å². The summed E-state index contributed by atoms with van der Waals surface area (Å²) in [7, 11) is 0. The highest BCUT2D eigenvalue weighted by Crippen LogP contribution is 2.44. The topological polar surface area (TPSA) is 29.3 Å². The van der Waals surface area contributed by atoms with E-state index in [9.17, 15) is 0 Å². The van der Waals surface area contributed by atoms with Gasteiger partial charge in [-0.2, -0.15) is 11.8 Å². The van der Waals surface area contributed by atoms with E-state index < -0.39 is 0 Å². The Bertz CT molecular complexity index is 261. The molecule has 2 aliphatic heterocycles. The van der Waals surface area contributed by atoms with Crippen molar-refractivity contribution in [3.05, 3.63) is 0 Å². The van der Waals surface area contributed by atoms with Gasteiger partial charge in [0.25, 0.3) is 0 Å². The second kappa shape index (κ2) is 4.75. The summed E-state index contributed by atoms with van der Waals surface area (Å²) in [5, 5.41) is 0.